The summed E-state index contributed by atoms with van der Waals surface area (Å²) >= 11 is 0. The number of hydrogen-bond donors (Lipinski definition) is 0. The Hall–Kier alpha value is -1.10. The molecule has 3 aliphatic heterocycles. The molecule has 3 fully saturated rings. The van der Waals surface area contributed by atoms with Gasteiger partial charge in [-0.1, -0.05) is 0 Å². The van der Waals surface area contributed by atoms with Crippen LogP contribution in [0.5, 0.6) is 0 Å². The highest BCUT2D eigenvalue weighted by atomic mass is 16.6. The highest BCUT2D eigenvalue weighted by Gasteiger charge is 2.66. The van der Waals surface area contributed by atoms with Gasteiger partial charge in [-0.25, -0.2) is 0 Å². The Morgan fingerprint density at radius 3 is 3.07 bits per heavy atom. The molecule has 0 aromatic heterocycles. The van der Waals surface area contributed by atoms with Gasteiger partial charge >= 0.3 is 5.97 Å². The van der Waals surface area contributed by atoms with Gasteiger partial charge in [0.2, 0.25) is 0 Å². The standard InChI is InChI=1S/C9H10O5/c10-7(11)5-4-1-2-9(14-4)3-13-8(12)6(5)9/h4-6H,1-3H2,(H,10,11)/p-1/t4-,5+,6-,9+/m0/s1. The average Bonchev–Trinajstić information content (AvgIpc) is 2.75. The van der Waals surface area contributed by atoms with Crippen LogP contribution in [-0.4, -0.2) is 30.3 Å². The third-order valence-corrected chi connectivity index (χ3v) is 3.55. The minimum absolute atomic E-state index is 0.205. The normalized spacial score (nSPS) is 49.1. The maximum atomic E-state index is 11.4. The van der Waals surface area contributed by atoms with Crippen LogP contribution >= 0.6 is 0 Å². The molecule has 3 saturated heterocycles. The van der Waals surface area contributed by atoms with Gasteiger partial charge in [0, 0.05) is 11.9 Å². The highest BCUT2D eigenvalue weighted by Crippen LogP contribution is 2.54. The first-order valence-corrected chi connectivity index (χ1v) is 4.69. The van der Waals surface area contributed by atoms with Crippen LogP contribution in [0.4, 0.5) is 0 Å². The van der Waals surface area contributed by atoms with Gasteiger partial charge in [0.05, 0.1) is 12.0 Å². The van der Waals surface area contributed by atoms with E-state index in [0.717, 1.165) is 6.42 Å². The first kappa shape index (κ1) is 8.23. The summed E-state index contributed by atoms with van der Waals surface area (Å²) in [4.78, 5) is 22.2. The summed E-state index contributed by atoms with van der Waals surface area (Å²) in [6.07, 6.45) is 1.06. The van der Waals surface area contributed by atoms with Crippen molar-refractivity contribution in [3.8, 4) is 0 Å². The summed E-state index contributed by atoms with van der Waals surface area (Å²) in [7, 11) is 0. The molecule has 5 heteroatoms. The van der Waals surface area contributed by atoms with Crippen LogP contribution in [0.3, 0.4) is 0 Å². The number of rotatable bonds is 1. The van der Waals surface area contributed by atoms with Crippen LogP contribution in [-0.2, 0) is 19.1 Å². The topological polar surface area (TPSA) is 75.7 Å². The molecule has 0 N–H and O–H groups in total. The summed E-state index contributed by atoms with van der Waals surface area (Å²) in [5, 5.41) is 10.9. The van der Waals surface area contributed by atoms with Gasteiger partial charge < -0.3 is 19.4 Å². The third-order valence-electron chi connectivity index (χ3n) is 3.55. The SMILES string of the molecule is O=C([O-])[C@@H]1[C@@H]2CC[C@]3(COC(=O)[C@H]13)O2. The molecule has 0 unspecified atom stereocenters. The van der Waals surface area contributed by atoms with E-state index in [1.165, 1.54) is 0 Å². The molecular weight excluding hydrogens is 188 g/mol. The predicted octanol–water partition coefficient (Wildman–Crippen LogP) is -1.54. The Morgan fingerprint density at radius 2 is 2.36 bits per heavy atom. The predicted molar refractivity (Wildman–Crippen MR) is 39.8 cm³/mol. The number of aliphatic carboxylic acids is 1. The number of fused-ring (bicyclic) bond motifs is 1. The van der Waals surface area contributed by atoms with E-state index in [1.54, 1.807) is 0 Å². The molecule has 5 nitrogen and oxygen atoms in total. The maximum absolute atomic E-state index is 11.4. The molecule has 1 spiro atoms. The van der Waals surface area contributed by atoms with Gasteiger partial charge in [0.1, 0.15) is 12.2 Å². The number of hydrogen-bond acceptors (Lipinski definition) is 5. The molecule has 76 valence electrons. The fourth-order valence-corrected chi connectivity index (χ4v) is 2.96. The minimum atomic E-state index is -1.19. The van der Waals surface area contributed by atoms with Crippen LogP contribution in [0.2, 0.25) is 0 Å². The van der Waals surface area contributed by atoms with Crippen molar-refractivity contribution in [1.82, 2.24) is 0 Å². The van der Waals surface area contributed by atoms with Crippen molar-refractivity contribution in [3.05, 3.63) is 0 Å². The molecule has 0 amide bonds. The van der Waals surface area contributed by atoms with Crippen LogP contribution < -0.4 is 5.11 Å². The fourth-order valence-electron chi connectivity index (χ4n) is 2.96. The van der Waals surface area contributed by atoms with Crippen LogP contribution in [0, 0.1) is 11.8 Å². The molecule has 3 heterocycles. The second-order valence-corrected chi connectivity index (χ2v) is 4.19. The molecule has 0 aliphatic carbocycles. The van der Waals surface area contributed by atoms with E-state index in [0.29, 0.717) is 6.42 Å². The molecule has 2 bridgehead atoms. The quantitative estimate of drug-likeness (QED) is 0.476. The zero-order chi connectivity index (χ0) is 9.92. The largest absolute Gasteiger partial charge is 0.550 e. The van der Waals surface area contributed by atoms with Crippen LogP contribution in [0.25, 0.3) is 0 Å². The molecule has 0 aromatic rings. The smallest absolute Gasteiger partial charge is 0.312 e. The van der Waals surface area contributed by atoms with Gasteiger partial charge in [0.25, 0.3) is 0 Å². The van der Waals surface area contributed by atoms with E-state index in [1.807, 2.05) is 0 Å². The van der Waals surface area contributed by atoms with Gasteiger partial charge in [-0.05, 0) is 12.8 Å². The van der Waals surface area contributed by atoms with Crippen LogP contribution in [0.15, 0.2) is 0 Å². The average molecular weight is 197 g/mol. The summed E-state index contributed by atoms with van der Waals surface area (Å²) in [6.45, 7) is 0.205. The number of cyclic esters (lactones) is 1. The summed E-state index contributed by atoms with van der Waals surface area (Å²) < 4.78 is 10.4. The van der Waals surface area contributed by atoms with E-state index in [4.69, 9.17) is 9.47 Å². The van der Waals surface area contributed by atoms with Crippen molar-refractivity contribution in [1.29, 1.82) is 0 Å². The third kappa shape index (κ3) is 0.744. The van der Waals surface area contributed by atoms with E-state index in [-0.39, 0.29) is 12.7 Å². The number of ether oxygens (including phenoxy) is 2. The van der Waals surface area contributed by atoms with Gasteiger partial charge in [-0.3, -0.25) is 4.79 Å². The summed E-state index contributed by atoms with van der Waals surface area (Å²) in [5.74, 6) is -3.08. The Kier molecular flexibility index (Phi) is 1.34. The number of esters is 1. The molecular formula is C9H9O5-. The van der Waals surface area contributed by atoms with Crippen molar-refractivity contribution >= 4 is 11.9 Å². The van der Waals surface area contributed by atoms with E-state index >= 15 is 0 Å². The summed E-state index contributed by atoms with van der Waals surface area (Å²) in [5.41, 5.74) is -0.646. The Balaban J connectivity index is 2.03. The zero-order valence-corrected chi connectivity index (χ0v) is 7.39. The van der Waals surface area contributed by atoms with E-state index < -0.39 is 29.4 Å². The molecule has 0 saturated carbocycles. The monoisotopic (exact) mass is 197 g/mol. The first-order chi connectivity index (χ1) is 6.64. The Labute approximate surface area is 80.0 Å². The maximum Gasteiger partial charge on any atom is 0.312 e. The number of carboxylic acid groups (broad SMARTS) is 1. The number of carbonyl (C=O) groups is 2. The van der Waals surface area contributed by atoms with Gasteiger partial charge in [0.15, 0.2) is 0 Å². The lowest BCUT2D eigenvalue weighted by Crippen LogP contribution is -2.46. The van der Waals surface area contributed by atoms with Crippen molar-refractivity contribution < 1.29 is 24.2 Å². The molecule has 14 heavy (non-hydrogen) atoms. The summed E-state index contributed by atoms with van der Waals surface area (Å²) in [6, 6.07) is 0. The molecule has 0 radical (unpaired) electrons. The molecule has 0 aromatic carbocycles. The Bertz CT molecular complexity index is 325. The van der Waals surface area contributed by atoms with Gasteiger partial charge in [-0.2, -0.15) is 0 Å². The number of carboxylic acids is 1. The lowest BCUT2D eigenvalue weighted by Gasteiger charge is -2.26. The van der Waals surface area contributed by atoms with E-state index in [2.05, 4.69) is 0 Å². The highest BCUT2D eigenvalue weighted by molar-refractivity contribution is 5.84. The van der Waals surface area contributed by atoms with E-state index in [9.17, 15) is 14.7 Å². The lowest BCUT2D eigenvalue weighted by molar-refractivity contribution is -0.314. The van der Waals surface area contributed by atoms with Crippen LogP contribution in [0.1, 0.15) is 12.8 Å². The fraction of sp³-hybridized carbons (Fsp3) is 0.778. The van der Waals surface area contributed by atoms with Crippen molar-refractivity contribution in [3.63, 3.8) is 0 Å². The lowest BCUT2D eigenvalue weighted by atomic mass is 9.73. The minimum Gasteiger partial charge on any atom is -0.550 e. The zero-order valence-electron chi connectivity index (χ0n) is 7.39. The second kappa shape index (κ2) is 2.28. The van der Waals surface area contributed by atoms with Crippen molar-refractivity contribution in [2.24, 2.45) is 11.8 Å². The molecule has 3 rings (SSSR count). The van der Waals surface area contributed by atoms with Crippen molar-refractivity contribution in [2.45, 2.75) is 24.5 Å². The number of carbonyl (C=O) groups excluding carboxylic acids is 2. The molecule has 3 aliphatic rings. The molecule has 4 atom stereocenters. The second-order valence-electron chi connectivity index (χ2n) is 4.19. The van der Waals surface area contributed by atoms with Gasteiger partial charge in [-0.15, -0.1) is 0 Å². The van der Waals surface area contributed by atoms with Crippen molar-refractivity contribution in [2.75, 3.05) is 6.61 Å². The Morgan fingerprint density at radius 1 is 1.57 bits per heavy atom. The first-order valence-electron chi connectivity index (χ1n) is 4.69.